The maximum absolute atomic E-state index is 13.7. The van der Waals surface area contributed by atoms with Crippen molar-refractivity contribution in [2.24, 2.45) is 5.92 Å². The molecule has 218 valence electrons. The Hall–Kier alpha value is -4.28. The van der Waals surface area contributed by atoms with Gasteiger partial charge in [-0.2, -0.15) is 0 Å². The first-order valence-electron chi connectivity index (χ1n) is 14.1. The highest BCUT2D eigenvalue weighted by Crippen LogP contribution is 2.20. The number of fused-ring (bicyclic) bond motifs is 1. The fraction of sp³-hybridized carbons (Fsp3) is 0.467. The van der Waals surface area contributed by atoms with E-state index in [0.29, 0.717) is 31.4 Å². The van der Waals surface area contributed by atoms with Crippen molar-refractivity contribution in [2.75, 3.05) is 19.6 Å². The van der Waals surface area contributed by atoms with Crippen LogP contribution < -0.4 is 16.0 Å². The summed E-state index contributed by atoms with van der Waals surface area (Å²) in [4.78, 5) is 73.9. The predicted molar refractivity (Wildman–Crippen MR) is 151 cm³/mol. The lowest BCUT2D eigenvalue weighted by Crippen LogP contribution is -2.58. The zero-order chi connectivity index (χ0) is 29.5. The molecule has 0 aliphatic carbocycles. The fourth-order valence-electron chi connectivity index (χ4n) is 5.37. The molecular formula is C30H38N6O5. The van der Waals surface area contributed by atoms with E-state index in [1.807, 2.05) is 44.2 Å². The highest BCUT2D eigenvalue weighted by atomic mass is 16.2. The van der Waals surface area contributed by atoms with Gasteiger partial charge in [0.05, 0.1) is 12.6 Å². The van der Waals surface area contributed by atoms with E-state index in [1.165, 1.54) is 22.2 Å². The lowest BCUT2D eigenvalue weighted by molar-refractivity contribution is -0.142. The maximum atomic E-state index is 13.7. The third-order valence-corrected chi connectivity index (χ3v) is 7.49. The molecule has 3 heterocycles. The Morgan fingerprint density at radius 3 is 2.37 bits per heavy atom. The second-order valence-corrected chi connectivity index (χ2v) is 11.0. The smallest absolute Gasteiger partial charge is 0.254 e. The van der Waals surface area contributed by atoms with Crippen LogP contribution in [-0.2, 0) is 25.6 Å². The van der Waals surface area contributed by atoms with Crippen LogP contribution in [0.2, 0.25) is 0 Å². The Labute approximate surface area is 240 Å². The molecule has 1 aromatic heterocycles. The van der Waals surface area contributed by atoms with Crippen LogP contribution in [0.15, 0.2) is 54.9 Å². The third kappa shape index (κ3) is 7.47. The molecule has 2 aromatic rings. The zero-order valence-electron chi connectivity index (χ0n) is 23.7. The average Bonchev–Trinajstić information content (AvgIpc) is 3.45. The molecule has 0 bridgehead atoms. The molecule has 3 N–H and O–H groups in total. The van der Waals surface area contributed by atoms with Crippen LogP contribution in [0.1, 0.15) is 49.5 Å². The van der Waals surface area contributed by atoms with Crippen LogP contribution in [-0.4, -0.2) is 88.1 Å². The summed E-state index contributed by atoms with van der Waals surface area (Å²) < 4.78 is 0. The molecule has 4 atom stereocenters. The number of rotatable bonds is 4. The summed E-state index contributed by atoms with van der Waals surface area (Å²) in [5.74, 6) is -2.35. The summed E-state index contributed by atoms with van der Waals surface area (Å²) in [5, 5.41) is 8.63. The molecule has 0 radical (unpaired) electrons. The SMILES string of the molecule is CC(C)[C@@H]1NC(=O)[C@H]2CCCN2C(=O)[C@H](C)NC(=O)CN(C(=O)c2ccncc2)C[C@H](Cc2ccccc2)NC1=O. The van der Waals surface area contributed by atoms with Crippen LogP contribution in [0, 0.1) is 5.92 Å². The van der Waals surface area contributed by atoms with E-state index in [1.54, 1.807) is 19.1 Å². The number of nitrogens with one attached hydrogen (secondary N) is 3. The van der Waals surface area contributed by atoms with Crippen LogP contribution in [0.3, 0.4) is 0 Å². The topological polar surface area (TPSA) is 141 Å². The Morgan fingerprint density at radius 2 is 1.68 bits per heavy atom. The Kier molecular flexibility index (Phi) is 9.69. The van der Waals surface area contributed by atoms with Crippen molar-refractivity contribution in [3.8, 4) is 0 Å². The summed E-state index contributed by atoms with van der Waals surface area (Å²) in [6.45, 7) is 5.32. The summed E-state index contributed by atoms with van der Waals surface area (Å²) in [5.41, 5.74) is 1.27. The van der Waals surface area contributed by atoms with Crippen molar-refractivity contribution < 1.29 is 24.0 Å². The molecular weight excluding hydrogens is 524 g/mol. The average molecular weight is 563 g/mol. The third-order valence-electron chi connectivity index (χ3n) is 7.49. The van der Waals surface area contributed by atoms with Crippen molar-refractivity contribution in [3.63, 3.8) is 0 Å². The molecule has 2 fully saturated rings. The first-order valence-corrected chi connectivity index (χ1v) is 14.1. The summed E-state index contributed by atoms with van der Waals surface area (Å²) in [6, 6.07) is 9.57. The number of hydrogen-bond donors (Lipinski definition) is 3. The summed E-state index contributed by atoms with van der Waals surface area (Å²) in [6.07, 6.45) is 4.48. The minimum absolute atomic E-state index is 0.0189. The largest absolute Gasteiger partial charge is 0.349 e. The van der Waals surface area contributed by atoms with E-state index >= 15 is 0 Å². The lowest BCUT2D eigenvalue weighted by atomic mass is 10.00. The zero-order valence-corrected chi connectivity index (χ0v) is 23.7. The molecule has 41 heavy (non-hydrogen) atoms. The van der Waals surface area contributed by atoms with E-state index in [-0.39, 0.29) is 24.9 Å². The quantitative estimate of drug-likeness (QED) is 0.506. The normalized spacial score (nSPS) is 24.6. The van der Waals surface area contributed by atoms with Gasteiger partial charge >= 0.3 is 0 Å². The summed E-state index contributed by atoms with van der Waals surface area (Å²) >= 11 is 0. The minimum Gasteiger partial charge on any atom is -0.349 e. The number of aromatic nitrogens is 1. The summed E-state index contributed by atoms with van der Waals surface area (Å²) in [7, 11) is 0. The first kappa shape index (κ1) is 29.7. The van der Waals surface area contributed by atoms with Gasteiger partial charge in [0.15, 0.2) is 0 Å². The van der Waals surface area contributed by atoms with Gasteiger partial charge in [0.1, 0.15) is 18.1 Å². The standard InChI is InChI=1S/C30H38N6O5/c1-19(2)26-28(39)33-23(16-21-8-5-4-6-9-21)17-35(30(41)22-11-13-31-14-12-22)18-25(37)32-20(3)29(40)36-15-7-10-24(36)27(38)34-26/h4-6,8-9,11-14,19-20,23-24,26H,7,10,15-18H2,1-3H3,(H,32,37)(H,33,39)(H,34,38)/t20-,23-,24+,26-/m0/s1. The van der Waals surface area contributed by atoms with E-state index < -0.39 is 47.8 Å². The molecule has 1 aromatic carbocycles. The van der Waals surface area contributed by atoms with Crippen LogP contribution >= 0.6 is 0 Å². The number of nitrogens with zero attached hydrogens (tertiary/aromatic N) is 3. The second kappa shape index (κ2) is 13.4. The van der Waals surface area contributed by atoms with E-state index in [4.69, 9.17) is 0 Å². The molecule has 4 rings (SSSR count). The first-order chi connectivity index (χ1) is 19.6. The monoisotopic (exact) mass is 562 g/mol. The van der Waals surface area contributed by atoms with E-state index in [0.717, 1.165) is 5.56 Å². The molecule has 2 aliphatic rings. The molecule has 11 heteroatoms. The molecule has 2 saturated heterocycles. The lowest BCUT2D eigenvalue weighted by Gasteiger charge is -2.31. The number of hydrogen-bond acceptors (Lipinski definition) is 6. The van der Waals surface area contributed by atoms with Crippen molar-refractivity contribution in [3.05, 3.63) is 66.0 Å². The number of carbonyl (C=O) groups is 5. The number of benzene rings is 1. The van der Waals surface area contributed by atoms with E-state index in [9.17, 15) is 24.0 Å². The molecule has 11 nitrogen and oxygen atoms in total. The van der Waals surface area contributed by atoms with Crippen LogP contribution in [0.4, 0.5) is 0 Å². The van der Waals surface area contributed by atoms with Gasteiger partial charge in [-0.3, -0.25) is 29.0 Å². The molecule has 2 aliphatic heterocycles. The highest BCUT2D eigenvalue weighted by Gasteiger charge is 2.39. The molecule has 0 spiro atoms. The van der Waals surface area contributed by atoms with Gasteiger partial charge in [-0.15, -0.1) is 0 Å². The maximum Gasteiger partial charge on any atom is 0.254 e. The highest BCUT2D eigenvalue weighted by molar-refractivity contribution is 5.98. The van der Waals surface area contributed by atoms with Crippen LogP contribution in [0.25, 0.3) is 0 Å². The van der Waals surface area contributed by atoms with Crippen molar-refractivity contribution in [2.45, 2.75) is 64.2 Å². The van der Waals surface area contributed by atoms with Gasteiger partial charge in [0.25, 0.3) is 5.91 Å². The Balaban J connectivity index is 1.71. The van der Waals surface area contributed by atoms with Gasteiger partial charge in [0.2, 0.25) is 23.6 Å². The molecule has 0 saturated carbocycles. The van der Waals surface area contributed by atoms with Crippen molar-refractivity contribution in [1.82, 2.24) is 30.7 Å². The number of pyridine rings is 1. The van der Waals surface area contributed by atoms with Crippen LogP contribution in [0.5, 0.6) is 0 Å². The van der Waals surface area contributed by atoms with Gasteiger partial charge in [-0.25, -0.2) is 0 Å². The van der Waals surface area contributed by atoms with Crippen molar-refractivity contribution >= 4 is 29.5 Å². The Bertz CT molecular complexity index is 1250. The number of amides is 5. The van der Waals surface area contributed by atoms with E-state index in [2.05, 4.69) is 20.9 Å². The molecule has 0 unspecified atom stereocenters. The minimum atomic E-state index is -0.903. The van der Waals surface area contributed by atoms with Crippen molar-refractivity contribution in [1.29, 1.82) is 0 Å². The van der Waals surface area contributed by atoms with Gasteiger partial charge < -0.3 is 25.8 Å². The molecule has 5 amide bonds. The Morgan fingerprint density at radius 1 is 0.976 bits per heavy atom. The number of carbonyl (C=O) groups excluding carboxylic acids is 5. The fourth-order valence-corrected chi connectivity index (χ4v) is 5.37. The van der Waals surface area contributed by atoms with Gasteiger partial charge in [0, 0.05) is 31.0 Å². The van der Waals surface area contributed by atoms with Gasteiger partial charge in [-0.1, -0.05) is 44.2 Å². The second-order valence-electron chi connectivity index (χ2n) is 11.0. The predicted octanol–water partition coefficient (Wildman–Crippen LogP) is 0.901. The van der Waals surface area contributed by atoms with Gasteiger partial charge in [-0.05, 0) is 49.8 Å².